The molecule has 1 fully saturated rings. The molecule has 0 radical (unpaired) electrons. The topological polar surface area (TPSA) is 137 Å². The number of carbonyl (C=O) groups is 1. The number of rotatable bonds is 8. The van der Waals surface area contributed by atoms with Gasteiger partial charge in [-0.2, -0.15) is 9.50 Å². The number of thiazole rings is 1. The van der Waals surface area contributed by atoms with Gasteiger partial charge < -0.3 is 19.8 Å². The number of piperazine rings is 1. The number of furan rings is 1. The van der Waals surface area contributed by atoms with Crippen molar-refractivity contribution >= 4 is 45.3 Å². The first-order valence-electron chi connectivity index (χ1n) is 12.0. The van der Waals surface area contributed by atoms with Crippen molar-refractivity contribution in [3.8, 4) is 17.3 Å². The molecule has 0 saturated carbocycles. The maximum Gasteiger partial charge on any atom is 0.309 e. The first-order valence-corrected chi connectivity index (χ1v) is 12.9. The number of nitrogens with two attached hydrogens (primary N) is 1. The fraction of sp³-hybridized carbons (Fsp3) is 0.292. The number of nitrogens with zero attached hydrogens (tertiary/aromatic N) is 7. The van der Waals surface area contributed by atoms with E-state index in [2.05, 4.69) is 20.0 Å². The zero-order valence-electron chi connectivity index (χ0n) is 20.4. The lowest BCUT2D eigenvalue weighted by Gasteiger charge is -2.36. The van der Waals surface area contributed by atoms with E-state index in [0.29, 0.717) is 73.1 Å². The normalized spacial score (nSPS) is 14.5. The van der Waals surface area contributed by atoms with E-state index in [4.69, 9.17) is 14.9 Å². The molecule has 202 valence electrons. The van der Waals surface area contributed by atoms with Gasteiger partial charge >= 0.3 is 4.87 Å². The highest BCUT2D eigenvalue weighted by Gasteiger charge is 2.24. The lowest BCUT2D eigenvalue weighted by molar-refractivity contribution is -0.109. The van der Waals surface area contributed by atoms with Gasteiger partial charge in [0.15, 0.2) is 35.0 Å². The highest BCUT2D eigenvalue weighted by atomic mass is 32.1. The van der Waals surface area contributed by atoms with Gasteiger partial charge in [-0.3, -0.25) is 19.1 Å². The van der Waals surface area contributed by atoms with E-state index in [0.717, 1.165) is 23.5 Å². The molecular weight excluding hydrogens is 534 g/mol. The Bertz CT molecular complexity index is 1700. The standard InChI is InChI=1S/C24H22F2N8O4S/c25-15-12-14(37-11-9-35)13-16(26)18(15)32-6-3-31(4-7-32)5-8-33-21-19(39-24(33)36)22-28-20(17-2-1-10-38-17)30-34(22)23(27)29-21/h1-2,9-10,12-13H,3-8,11H2,(H2,27,29). The molecule has 1 aliphatic rings. The van der Waals surface area contributed by atoms with Crippen LogP contribution in [0.5, 0.6) is 5.75 Å². The Morgan fingerprint density at radius 2 is 1.87 bits per heavy atom. The fourth-order valence-corrected chi connectivity index (χ4v) is 5.56. The molecule has 2 N–H and O–H groups in total. The van der Waals surface area contributed by atoms with Crippen LogP contribution in [0.2, 0.25) is 0 Å². The van der Waals surface area contributed by atoms with Gasteiger partial charge in [0, 0.05) is 51.4 Å². The minimum atomic E-state index is -0.751. The molecule has 5 heterocycles. The number of aldehydes is 1. The third-order valence-electron chi connectivity index (χ3n) is 6.49. The van der Waals surface area contributed by atoms with Crippen molar-refractivity contribution in [2.24, 2.45) is 0 Å². The summed E-state index contributed by atoms with van der Waals surface area (Å²) < 4.78 is 43.2. The summed E-state index contributed by atoms with van der Waals surface area (Å²) in [5.41, 5.74) is 6.86. The molecule has 1 aliphatic heterocycles. The molecule has 1 saturated heterocycles. The number of nitrogen functional groups attached to an aromatic ring is 1. The predicted molar refractivity (Wildman–Crippen MR) is 139 cm³/mol. The monoisotopic (exact) mass is 556 g/mol. The summed E-state index contributed by atoms with van der Waals surface area (Å²) in [6.45, 7) is 2.46. The zero-order valence-corrected chi connectivity index (χ0v) is 21.2. The highest BCUT2D eigenvalue weighted by Crippen LogP contribution is 2.29. The Balaban J connectivity index is 1.16. The quantitative estimate of drug-likeness (QED) is 0.283. The lowest BCUT2D eigenvalue weighted by atomic mass is 10.2. The van der Waals surface area contributed by atoms with E-state index in [1.807, 2.05) is 0 Å². The number of hydrogen-bond donors (Lipinski definition) is 1. The summed E-state index contributed by atoms with van der Waals surface area (Å²) in [6, 6.07) is 5.60. The Kier molecular flexibility index (Phi) is 6.44. The van der Waals surface area contributed by atoms with Crippen LogP contribution >= 0.6 is 11.3 Å². The van der Waals surface area contributed by atoms with Crippen molar-refractivity contribution in [1.82, 2.24) is 29.0 Å². The van der Waals surface area contributed by atoms with Crippen LogP contribution < -0.4 is 20.2 Å². The summed E-state index contributed by atoms with van der Waals surface area (Å²) in [4.78, 5) is 35.8. The second kappa shape index (κ2) is 10.1. The van der Waals surface area contributed by atoms with Crippen LogP contribution in [0, 0.1) is 11.6 Å². The smallest absolute Gasteiger partial charge is 0.309 e. The van der Waals surface area contributed by atoms with Crippen molar-refractivity contribution in [3.05, 3.63) is 51.8 Å². The second-order valence-corrected chi connectivity index (χ2v) is 9.79. The zero-order chi connectivity index (χ0) is 27.1. The van der Waals surface area contributed by atoms with E-state index in [-0.39, 0.29) is 28.9 Å². The number of benzene rings is 1. The van der Waals surface area contributed by atoms with Crippen LogP contribution in [0.25, 0.3) is 27.6 Å². The molecule has 39 heavy (non-hydrogen) atoms. The Hall–Kier alpha value is -4.37. The third kappa shape index (κ3) is 4.59. The molecule has 4 aromatic heterocycles. The first-order chi connectivity index (χ1) is 18.9. The van der Waals surface area contributed by atoms with Gasteiger partial charge in [0.05, 0.1) is 6.26 Å². The fourth-order valence-electron chi connectivity index (χ4n) is 4.63. The summed E-state index contributed by atoms with van der Waals surface area (Å²) in [5.74, 6) is -0.641. The van der Waals surface area contributed by atoms with Gasteiger partial charge in [0.1, 0.15) is 22.7 Å². The van der Waals surface area contributed by atoms with Crippen LogP contribution in [-0.4, -0.2) is 74.7 Å². The van der Waals surface area contributed by atoms with Crippen molar-refractivity contribution in [1.29, 1.82) is 0 Å². The molecule has 0 aliphatic carbocycles. The van der Waals surface area contributed by atoms with Crippen LogP contribution in [0.15, 0.2) is 39.7 Å². The number of carbonyl (C=O) groups excluding carboxylic acids is 1. The average molecular weight is 557 g/mol. The first kappa shape index (κ1) is 24.9. The SMILES string of the molecule is Nc1nc2c(sc(=O)n2CCN2CCN(c3c(F)cc(OCC=O)cc3F)CC2)c2nc(-c3ccco3)nn12. The minimum Gasteiger partial charge on any atom is -0.486 e. The molecule has 0 bridgehead atoms. The van der Waals surface area contributed by atoms with E-state index in [9.17, 15) is 18.4 Å². The lowest BCUT2D eigenvalue weighted by Crippen LogP contribution is -2.48. The van der Waals surface area contributed by atoms with Gasteiger partial charge in [-0.05, 0) is 12.1 Å². The highest BCUT2D eigenvalue weighted by molar-refractivity contribution is 7.17. The molecule has 0 atom stereocenters. The number of aromatic nitrogens is 5. The van der Waals surface area contributed by atoms with Gasteiger partial charge in [0.25, 0.3) is 0 Å². The molecule has 5 aromatic rings. The molecular formula is C24H22F2N8O4S. The summed E-state index contributed by atoms with van der Waals surface area (Å²) in [6.07, 6.45) is 2.02. The van der Waals surface area contributed by atoms with E-state index in [1.165, 1.54) is 10.8 Å². The minimum absolute atomic E-state index is 0.0391. The molecule has 1 aromatic carbocycles. The van der Waals surface area contributed by atoms with Gasteiger partial charge in [-0.15, -0.1) is 5.10 Å². The molecule has 6 rings (SSSR count). The van der Waals surface area contributed by atoms with Crippen molar-refractivity contribution in [3.63, 3.8) is 0 Å². The molecule has 0 amide bonds. The van der Waals surface area contributed by atoms with Crippen molar-refractivity contribution in [2.75, 3.05) is 50.0 Å². The predicted octanol–water partition coefficient (Wildman–Crippen LogP) is 2.02. The molecule has 0 unspecified atom stereocenters. The van der Waals surface area contributed by atoms with Crippen LogP contribution in [0.3, 0.4) is 0 Å². The Labute approximate surface area is 222 Å². The third-order valence-corrected chi connectivity index (χ3v) is 7.46. The Morgan fingerprint density at radius 1 is 1.10 bits per heavy atom. The largest absolute Gasteiger partial charge is 0.486 e. The van der Waals surface area contributed by atoms with Gasteiger partial charge in [-0.25, -0.2) is 13.8 Å². The number of anilines is 2. The Morgan fingerprint density at radius 3 is 2.56 bits per heavy atom. The van der Waals surface area contributed by atoms with Crippen molar-refractivity contribution < 1.29 is 22.7 Å². The van der Waals surface area contributed by atoms with Crippen LogP contribution in [-0.2, 0) is 11.3 Å². The number of halogens is 2. The van der Waals surface area contributed by atoms with E-state index >= 15 is 0 Å². The summed E-state index contributed by atoms with van der Waals surface area (Å²) in [5, 5.41) is 4.36. The van der Waals surface area contributed by atoms with Gasteiger partial charge in [0.2, 0.25) is 11.8 Å². The van der Waals surface area contributed by atoms with Crippen molar-refractivity contribution in [2.45, 2.75) is 6.54 Å². The average Bonchev–Trinajstić information content (AvgIpc) is 3.66. The summed E-state index contributed by atoms with van der Waals surface area (Å²) in [7, 11) is 0. The second-order valence-electron chi connectivity index (χ2n) is 8.83. The number of hydrogen-bond acceptors (Lipinski definition) is 11. The van der Waals surface area contributed by atoms with Gasteiger partial charge in [-0.1, -0.05) is 11.3 Å². The maximum absolute atomic E-state index is 14.6. The number of fused-ring (bicyclic) bond motifs is 3. The number of ether oxygens (including phenoxy) is 1. The molecule has 0 spiro atoms. The van der Waals surface area contributed by atoms with E-state index in [1.54, 1.807) is 21.6 Å². The van der Waals surface area contributed by atoms with E-state index < -0.39 is 11.6 Å². The van der Waals surface area contributed by atoms with Crippen LogP contribution in [0.4, 0.5) is 20.4 Å². The molecule has 12 nitrogen and oxygen atoms in total. The van der Waals surface area contributed by atoms with Crippen LogP contribution in [0.1, 0.15) is 0 Å². The maximum atomic E-state index is 14.6. The summed E-state index contributed by atoms with van der Waals surface area (Å²) >= 11 is 1.02. The molecule has 15 heteroatoms.